The van der Waals surface area contributed by atoms with E-state index in [4.69, 9.17) is 15.9 Å². The average Bonchev–Trinajstić information content (AvgIpc) is 3.41. The second kappa shape index (κ2) is 10.6. The Morgan fingerprint density at radius 1 is 1.44 bits per heavy atom. The van der Waals surface area contributed by atoms with Crippen molar-refractivity contribution in [2.24, 2.45) is 4.99 Å². The van der Waals surface area contributed by atoms with Gasteiger partial charge in [0.15, 0.2) is 4.80 Å². The van der Waals surface area contributed by atoms with Crippen LogP contribution in [0.3, 0.4) is 0 Å². The summed E-state index contributed by atoms with van der Waals surface area (Å²) in [6.07, 6.45) is 7.16. The minimum atomic E-state index is -0.600. The highest BCUT2D eigenvalue weighted by Gasteiger charge is 2.33. The lowest BCUT2D eigenvalue weighted by molar-refractivity contribution is -0.139. The van der Waals surface area contributed by atoms with E-state index in [2.05, 4.69) is 49.4 Å². The number of fused-ring (bicyclic) bond motifs is 1. The summed E-state index contributed by atoms with van der Waals surface area (Å²) in [5, 5.41) is 1.92. The van der Waals surface area contributed by atoms with Crippen LogP contribution in [0.4, 0.5) is 0 Å². The molecule has 0 saturated carbocycles. The number of allylic oxidation sites excluding steroid dienone is 1. The molecule has 1 aliphatic rings. The van der Waals surface area contributed by atoms with Crippen LogP contribution in [0, 0.1) is 15.9 Å². The van der Waals surface area contributed by atoms with Gasteiger partial charge in [-0.1, -0.05) is 39.3 Å². The number of ether oxygens (including phenoxy) is 2. The van der Waals surface area contributed by atoms with Crippen LogP contribution in [0.15, 0.2) is 55.2 Å². The number of halogens is 2. The fourth-order valence-electron chi connectivity index (χ4n) is 3.60. The van der Waals surface area contributed by atoms with Gasteiger partial charge in [0.25, 0.3) is 5.56 Å². The molecule has 3 heterocycles. The van der Waals surface area contributed by atoms with E-state index in [1.807, 2.05) is 29.6 Å². The standard InChI is InChI=1S/C24H18BrIN2O4S2/c1-4-8-32-21-14(10-15(25)12-16(21)26)11-18-22(29)28-20(17-7-6-9-33-17)19(23(30)31-5-2)13(3)27-24(28)34-18/h1,6-7,9-12,20H,5,8H2,2-3H3/b18-11-/t20-/m1/s1. The first-order valence-corrected chi connectivity index (χ1v) is 13.7. The number of thiophene rings is 1. The fourth-order valence-corrected chi connectivity index (χ4v) is 7.17. The van der Waals surface area contributed by atoms with Crippen LogP contribution in [-0.2, 0) is 9.53 Å². The lowest BCUT2D eigenvalue weighted by atomic mass is 10.0. The third-order valence-corrected chi connectivity index (χ3v) is 8.12. The summed E-state index contributed by atoms with van der Waals surface area (Å²) < 4.78 is 14.8. The molecule has 0 unspecified atom stereocenters. The number of terminal acetylenes is 1. The van der Waals surface area contributed by atoms with Gasteiger partial charge in [0.1, 0.15) is 18.4 Å². The van der Waals surface area contributed by atoms with Gasteiger partial charge in [-0.3, -0.25) is 9.36 Å². The quantitative estimate of drug-likeness (QED) is 0.224. The van der Waals surface area contributed by atoms with Crippen molar-refractivity contribution >= 4 is 73.2 Å². The van der Waals surface area contributed by atoms with E-state index >= 15 is 0 Å². The molecular formula is C24H18BrIN2O4S2. The first-order valence-electron chi connectivity index (χ1n) is 10.1. The molecule has 1 aliphatic heterocycles. The molecule has 0 saturated heterocycles. The highest BCUT2D eigenvalue weighted by Crippen LogP contribution is 2.33. The van der Waals surface area contributed by atoms with Crippen molar-refractivity contribution in [1.82, 2.24) is 4.57 Å². The molecule has 34 heavy (non-hydrogen) atoms. The molecule has 0 N–H and O–H groups in total. The van der Waals surface area contributed by atoms with Crippen molar-refractivity contribution in [3.05, 3.63) is 79.1 Å². The molecular weight excluding hydrogens is 651 g/mol. The van der Waals surface area contributed by atoms with Gasteiger partial charge in [0.2, 0.25) is 0 Å². The van der Waals surface area contributed by atoms with Gasteiger partial charge < -0.3 is 9.47 Å². The molecule has 0 aliphatic carbocycles. The largest absolute Gasteiger partial charge is 0.479 e. The Labute approximate surface area is 225 Å². The number of rotatable bonds is 6. The molecule has 1 aromatic carbocycles. The second-order valence-electron chi connectivity index (χ2n) is 7.12. The van der Waals surface area contributed by atoms with Crippen LogP contribution in [0.1, 0.15) is 30.3 Å². The number of carbonyl (C=O) groups excluding carboxylic acids is 1. The average molecular weight is 669 g/mol. The van der Waals surface area contributed by atoms with E-state index in [9.17, 15) is 9.59 Å². The van der Waals surface area contributed by atoms with Crippen molar-refractivity contribution in [1.29, 1.82) is 0 Å². The van der Waals surface area contributed by atoms with Gasteiger partial charge in [0, 0.05) is 14.9 Å². The summed E-state index contributed by atoms with van der Waals surface area (Å²) in [5.41, 5.74) is 1.39. The fraction of sp³-hybridized carbons (Fsp3) is 0.208. The number of hydrogen-bond acceptors (Lipinski definition) is 7. The van der Waals surface area contributed by atoms with E-state index in [-0.39, 0.29) is 18.8 Å². The zero-order valence-corrected chi connectivity index (χ0v) is 23.5. The van der Waals surface area contributed by atoms with E-state index in [0.717, 1.165) is 12.9 Å². The van der Waals surface area contributed by atoms with Crippen LogP contribution in [-0.4, -0.2) is 23.8 Å². The summed E-state index contributed by atoms with van der Waals surface area (Å²) in [7, 11) is 0. The number of carbonyl (C=O) groups is 1. The molecule has 0 radical (unpaired) electrons. The number of hydrogen-bond donors (Lipinski definition) is 0. The highest BCUT2D eigenvalue weighted by atomic mass is 127. The maximum atomic E-state index is 13.7. The lowest BCUT2D eigenvalue weighted by Gasteiger charge is -2.23. The van der Waals surface area contributed by atoms with Gasteiger partial charge in [-0.2, -0.15) is 0 Å². The predicted molar refractivity (Wildman–Crippen MR) is 146 cm³/mol. The van der Waals surface area contributed by atoms with Crippen LogP contribution in [0.5, 0.6) is 5.75 Å². The Kier molecular flexibility index (Phi) is 7.77. The zero-order valence-electron chi connectivity index (χ0n) is 18.1. The molecule has 0 spiro atoms. The molecule has 6 nitrogen and oxygen atoms in total. The number of nitrogens with zero attached hydrogens (tertiary/aromatic N) is 2. The van der Waals surface area contributed by atoms with Gasteiger partial charge in [-0.05, 0) is 66.1 Å². The van der Waals surface area contributed by atoms with E-state index < -0.39 is 12.0 Å². The normalized spacial score (nSPS) is 15.5. The predicted octanol–water partition coefficient (Wildman–Crippen LogP) is 4.24. The number of benzene rings is 1. The Bertz CT molecular complexity index is 1510. The minimum Gasteiger partial charge on any atom is -0.479 e. The van der Waals surface area contributed by atoms with Crippen molar-refractivity contribution in [3.8, 4) is 18.1 Å². The summed E-state index contributed by atoms with van der Waals surface area (Å²) in [6, 6.07) is 6.99. The maximum Gasteiger partial charge on any atom is 0.338 e. The Morgan fingerprint density at radius 2 is 2.24 bits per heavy atom. The van der Waals surface area contributed by atoms with Crippen molar-refractivity contribution in [2.75, 3.05) is 13.2 Å². The zero-order chi connectivity index (χ0) is 24.4. The first-order chi connectivity index (χ1) is 16.3. The molecule has 2 aromatic heterocycles. The first kappa shape index (κ1) is 24.9. The molecule has 0 fully saturated rings. The second-order valence-corrected chi connectivity index (χ2v) is 11.2. The van der Waals surface area contributed by atoms with E-state index in [1.54, 1.807) is 24.5 Å². The topological polar surface area (TPSA) is 69.9 Å². The molecule has 4 rings (SSSR count). The Morgan fingerprint density at radius 3 is 2.91 bits per heavy atom. The molecule has 3 aromatic rings. The number of thiazole rings is 1. The van der Waals surface area contributed by atoms with Gasteiger partial charge in [-0.25, -0.2) is 9.79 Å². The molecule has 174 valence electrons. The lowest BCUT2D eigenvalue weighted by Crippen LogP contribution is -2.39. The summed E-state index contributed by atoms with van der Waals surface area (Å²) in [5.74, 6) is 2.61. The van der Waals surface area contributed by atoms with Crippen LogP contribution in [0.2, 0.25) is 0 Å². The van der Waals surface area contributed by atoms with Crippen molar-refractivity contribution in [2.45, 2.75) is 19.9 Å². The highest BCUT2D eigenvalue weighted by molar-refractivity contribution is 14.1. The molecule has 1 atom stereocenters. The van der Waals surface area contributed by atoms with Crippen LogP contribution < -0.4 is 19.6 Å². The monoisotopic (exact) mass is 668 g/mol. The SMILES string of the molecule is C#CCOc1c(I)cc(Br)cc1/C=c1\sc2n(c1=O)[C@H](c1cccs1)C(C(=O)OCC)=C(C)N=2. The molecule has 0 bridgehead atoms. The van der Waals surface area contributed by atoms with E-state index in [0.29, 0.717) is 31.9 Å². The Balaban J connectivity index is 1.94. The number of esters is 1. The maximum absolute atomic E-state index is 13.7. The van der Waals surface area contributed by atoms with Crippen molar-refractivity contribution < 1.29 is 14.3 Å². The van der Waals surface area contributed by atoms with Crippen molar-refractivity contribution in [3.63, 3.8) is 0 Å². The van der Waals surface area contributed by atoms with Gasteiger partial charge >= 0.3 is 5.97 Å². The minimum absolute atomic E-state index is 0.111. The molecule has 0 amide bonds. The summed E-state index contributed by atoms with van der Waals surface area (Å²) >= 11 is 8.42. The van der Waals surface area contributed by atoms with E-state index in [1.165, 1.54) is 22.7 Å². The van der Waals surface area contributed by atoms with Crippen LogP contribution >= 0.6 is 61.2 Å². The molecule has 10 heteroatoms. The summed E-state index contributed by atoms with van der Waals surface area (Å²) in [6.45, 7) is 3.87. The number of aromatic nitrogens is 1. The smallest absolute Gasteiger partial charge is 0.338 e. The third-order valence-electron chi connectivity index (χ3n) is 4.95. The Hall–Kier alpha value is -2.20. The van der Waals surface area contributed by atoms with Gasteiger partial charge in [0.05, 0.1) is 26.0 Å². The summed E-state index contributed by atoms with van der Waals surface area (Å²) in [4.78, 5) is 32.5. The third kappa shape index (κ3) is 4.79. The van der Waals surface area contributed by atoms with Gasteiger partial charge in [-0.15, -0.1) is 17.8 Å². The van der Waals surface area contributed by atoms with Crippen LogP contribution in [0.25, 0.3) is 6.08 Å².